The molecule has 4 N–H and O–H groups in total. The molecule has 9 heteroatoms. The van der Waals surface area contributed by atoms with Crippen LogP contribution in [0.15, 0.2) is 45.6 Å². The highest BCUT2D eigenvalue weighted by molar-refractivity contribution is 5.89. The Morgan fingerprint density at radius 3 is 2.28 bits per heavy atom. The molecule has 1 aromatic heterocycles. The first-order chi connectivity index (χ1) is 18.4. The van der Waals surface area contributed by atoms with Crippen LogP contribution in [-0.2, 0) is 20.7 Å². The van der Waals surface area contributed by atoms with Crippen molar-refractivity contribution < 1.29 is 34.1 Å². The highest BCUT2D eigenvalue weighted by Crippen LogP contribution is 2.33. The smallest absolute Gasteiger partial charge is 0.306 e. The molecule has 0 aliphatic carbocycles. The van der Waals surface area contributed by atoms with Gasteiger partial charge in [0.2, 0.25) is 11.3 Å². The number of aromatic hydroxyl groups is 3. The van der Waals surface area contributed by atoms with E-state index in [9.17, 15) is 29.7 Å². The van der Waals surface area contributed by atoms with Crippen molar-refractivity contribution in [3.8, 4) is 28.4 Å². The van der Waals surface area contributed by atoms with Crippen LogP contribution in [0.4, 0.5) is 0 Å². The lowest BCUT2D eigenvalue weighted by molar-refractivity contribution is -0.154. The van der Waals surface area contributed by atoms with Crippen molar-refractivity contribution >= 4 is 22.8 Å². The molecule has 0 aliphatic rings. The van der Waals surface area contributed by atoms with Gasteiger partial charge in [0.15, 0.2) is 0 Å². The first-order valence-corrected chi connectivity index (χ1v) is 13.2. The molecule has 0 aliphatic heterocycles. The quantitative estimate of drug-likeness (QED) is 0.179. The molecule has 0 radical (unpaired) electrons. The number of nitrogens with one attached hydrogen (secondary N) is 1. The first-order valence-electron chi connectivity index (χ1n) is 13.2. The zero-order valence-corrected chi connectivity index (χ0v) is 22.7. The third-order valence-corrected chi connectivity index (χ3v) is 6.05. The van der Waals surface area contributed by atoms with Crippen LogP contribution in [0, 0.1) is 0 Å². The number of esters is 1. The number of carbonyl (C=O) groups is 2. The van der Waals surface area contributed by atoms with E-state index in [0.717, 1.165) is 31.7 Å². The second-order valence-electron chi connectivity index (χ2n) is 10.6. The summed E-state index contributed by atoms with van der Waals surface area (Å²) in [5.74, 6) is -0.585. The van der Waals surface area contributed by atoms with Crippen LogP contribution in [0.3, 0.4) is 0 Å². The Morgan fingerprint density at radius 2 is 1.59 bits per heavy atom. The zero-order chi connectivity index (χ0) is 28.6. The maximum atomic E-state index is 13.3. The maximum absolute atomic E-state index is 13.3. The number of unbranched alkanes of at least 4 members (excludes halogenated alkanes) is 3. The van der Waals surface area contributed by atoms with Crippen molar-refractivity contribution in [2.45, 2.75) is 77.7 Å². The van der Waals surface area contributed by atoms with Crippen LogP contribution in [0.5, 0.6) is 17.2 Å². The van der Waals surface area contributed by atoms with Crippen molar-refractivity contribution in [1.29, 1.82) is 0 Å². The maximum Gasteiger partial charge on any atom is 0.306 e. The average molecular weight is 540 g/mol. The van der Waals surface area contributed by atoms with Crippen LogP contribution in [0.25, 0.3) is 22.1 Å². The summed E-state index contributed by atoms with van der Waals surface area (Å²) in [6.07, 6.45) is 4.61. The van der Waals surface area contributed by atoms with E-state index in [2.05, 4.69) is 5.32 Å². The summed E-state index contributed by atoms with van der Waals surface area (Å²) in [6, 6.07) is 8.39. The van der Waals surface area contributed by atoms with Crippen LogP contribution in [0.2, 0.25) is 0 Å². The summed E-state index contributed by atoms with van der Waals surface area (Å²) in [5, 5.41) is 32.6. The lowest BCUT2D eigenvalue weighted by Gasteiger charge is -2.19. The van der Waals surface area contributed by atoms with Gasteiger partial charge in [0.25, 0.3) is 0 Å². The SMILES string of the molecule is CC(C)(C)OC(=O)CCCCCCNC(=O)CCCc1oc2cc(O)cc(O)c2c(=O)c1-c1ccc(O)cc1. The molecule has 1 amide bonds. The fourth-order valence-corrected chi connectivity index (χ4v) is 4.29. The van der Waals surface area contributed by atoms with Gasteiger partial charge in [-0.3, -0.25) is 14.4 Å². The number of phenols is 3. The molecule has 9 nitrogen and oxygen atoms in total. The number of benzene rings is 2. The van der Waals surface area contributed by atoms with Crippen molar-refractivity contribution in [3.05, 3.63) is 52.4 Å². The van der Waals surface area contributed by atoms with E-state index in [4.69, 9.17) is 9.15 Å². The number of rotatable bonds is 12. The molecule has 0 fully saturated rings. The lowest BCUT2D eigenvalue weighted by Crippen LogP contribution is -2.24. The number of hydrogen-bond acceptors (Lipinski definition) is 8. The predicted molar refractivity (Wildman–Crippen MR) is 148 cm³/mol. The molecule has 0 bridgehead atoms. The largest absolute Gasteiger partial charge is 0.508 e. The van der Waals surface area contributed by atoms with Crippen molar-refractivity contribution in [2.24, 2.45) is 0 Å². The first kappa shape index (κ1) is 29.5. The van der Waals surface area contributed by atoms with E-state index in [0.29, 0.717) is 30.7 Å². The van der Waals surface area contributed by atoms with Gasteiger partial charge in [-0.15, -0.1) is 0 Å². The summed E-state index contributed by atoms with van der Waals surface area (Å²) in [6.45, 7) is 6.07. The highest BCUT2D eigenvalue weighted by atomic mass is 16.6. The molecule has 39 heavy (non-hydrogen) atoms. The van der Waals surface area contributed by atoms with Gasteiger partial charge in [0.1, 0.15) is 39.6 Å². The Morgan fingerprint density at radius 1 is 0.897 bits per heavy atom. The molecule has 0 unspecified atom stereocenters. The van der Waals surface area contributed by atoms with Crippen molar-refractivity contribution in [3.63, 3.8) is 0 Å². The molecular weight excluding hydrogens is 502 g/mol. The summed E-state index contributed by atoms with van der Waals surface area (Å²) < 4.78 is 11.2. The molecule has 210 valence electrons. The third kappa shape index (κ3) is 8.77. The molecular formula is C30H37NO8. The topological polar surface area (TPSA) is 146 Å². The minimum Gasteiger partial charge on any atom is -0.508 e. The number of amides is 1. The fraction of sp³-hybridized carbons (Fsp3) is 0.433. The summed E-state index contributed by atoms with van der Waals surface area (Å²) in [7, 11) is 0. The lowest BCUT2D eigenvalue weighted by atomic mass is 9.99. The molecule has 3 aromatic rings. The van der Waals surface area contributed by atoms with E-state index in [1.807, 2.05) is 20.8 Å². The molecule has 0 atom stereocenters. The van der Waals surface area contributed by atoms with Gasteiger partial charge in [-0.25, -0.2) is 0 Å². The Hall–Kier alpha value is -4.01. The molecule has 0 saturated carbocycles. The summed E-state index contributed by atoms with van der Waals surface area (Å²) in [5.41, 5.74) is -0.158. The van der Waals surface area contributed by atoms with Crippen LogP contribution in [0.1, 0.15) is 71.5 Å². The monoisotopic (exact) mass is 539 g/mol. The number of phenolic OH excluding ortho intramolecular Hbond substituents is 3. The normalized spacial score (nSPS) is 11.5. The van der Waals surface area contributed by atoms with Gasteiger partial charge >= 0.3 is 5.97 Å². The van der Waals surface area contributed by atoms with Gasteiger partial charge in [0.05, 0.1) is 5.56 Å². The molecule has 0 spiro atoms. The summed E-state index contributed by atoms with van der Waals surface area (Å²) in [4.78, 5) is 37.4. The Labute approximate surface area is 227 Å². The van der Waals surface area contributed by atoms with E-state index >= 15 is 0 Å². The van der Waals surface area contributed by atoms with E-state index in [1.54, 1.807) is 12.1 Å². The zero-order valence-electron chi connectivity index (χ0n) is 22.7. The van der Waals surface area contributed by atoms with Gasteiger partial charge in [0, 0.05) is 37.9 Å². The fourth-order valence-electron chi connectivity index (χ4n) is 4.29. The van der Waals surface area contributed by atoms with Gasteiger partial charge in [-0.2, -0.15) is 0 Å². The number of hydrogen-bond donors (Lipinski definition) is 4. The van der Waals surface area contributed by atoms with Crippen LogP contribution in [-0.4, -0.2) is 39.3 Å². The Kier molecular flexibility index (Phi) is 9.98. The summed E-state index contributed by atoms with van der Waals surface area (Å²) >= 11 is 0. The van der Waals surface area contributed by atoms with Gasteiger partial charge in [-0.1, -0.05) is 25.0 Å². The highest BCUT2D eigenvalue weighted by Gasteiger charge is 2.20. The van der Waals surface area contributed by atoms with Crippen LogP contribution < -0.4 is 10.7 Å². The van der Waals surface area contributed by atoms with Gasteiger partial charge in [-0.05, 0) is 57.7 Å². The average Bonchev–Trinajstić information content (AvgIpc) is 2.82. The minimum absolute atomic E-state index is 0.0398. The number of aryl methyl sites for hydroxylation is 1. The number of carbonyl (C=O) groups excluding carboxylic acids is 2. The Bertz CT molecular complexity index is 1350. The second kappa shape index (κ2) is 13.2. The second-order valence-corrected chi connectivity index (χ2v) is 10.6. The Balaban J connectivity index is 1.53. The van der Waals surface area contributed by atoms with E-state index in [1.165, 1.54) is 18.2 Å². The van der Waals surface area contributed by atoms with Crippen molar-refractivity contribution in [2.75, 3.05) is 6.54 Å². The van der Waals surface area contributed by atoms with E-state index < -0.39 is 16.8 Å². The number of ether oxygens (including phenoxy) is 1. The number of fused-ring (bicyclic) bond motifs is 1. The predicted octanol–water partition coefficient (Wildman–Crippen LogP) is 5.31. The molecule has 0 saturated heterocycles. The standard InChI is InChI=1S/C30H37NO8/c1-30(2,3)39-26(36)11-6-4-5-7-16-31-25(35)10-8-9-23-27(19-12-14-20(32)15-13-19)29(37)28-22(34)17-21(33)18-24(28)38-23/h12-15,17-18,32-34H,4-11,16H2,1-3H3,(H,31,35). The van der Waals surface area contributed by atoms with E-state index in [-0.39, 0.29) is 52.7 Å². The van der Waals surface area contributed by atoms with Crippen LogP contribution >= 0.6 is 0 Å². The minimum atomic E-state index is -0.472. The van der Waals surface area contributed by atoms with Gasteiger partial charge < -0.3 is 29.8 Å². The molecule has 3 rings (SSSR count). The van der Waals surface area contributed by atoms with Crippen molar-refractivity contribution in [1.82, 2.24) is 5.32 Å². The molecule has 1 heterocycles. The molecule has 2 aromatic carbocycles. The third-order valence-electron chi connectivity index (χ3n) is 6.05.